The van der Waals surface area contributed by atoms with Crippen molar-refractivity contribution < 1.29 is 14.3 Å². The molecule has 6 heteroatoms. The summed E-state index contributed by atoms with van der Waals surface area (Å²) in [7, 11) is 0. The molecule has 0 unspecified atom stereocenters. The van der Waals surface area contributed by atoms with E-state index in [1.165, 1.54) is 0 Å². The molecule has 0 radical (unpaired) electrons. The highest BCUT2D eigenvalue weighted by atomic mass is 35.5. The minimum atomic E-state index is -0.234. The second kappa shape index (κ2) is 12.6. The molecule has 2 amide bonds. The predicted molar refractivity (Wildman–Crippen MR) is 144 cm³/mol. The molecule has 0 aromatic heterocycles. The summed E-state index contributed by atoms with van der Waals surface area (Å²) in [5.41, 5.74) is 2.17. The zero-order valence-electron chi connectivity index (χ0n) is 20.7. The number of benzene rings is 3. The van der Waals surface area contributed by atoms with Gasteiger partial charge in [0.25, 0.3) is 11.8 Å². The molecule has 36 heavy (non-hydrogen) atoms. The van der Waals surface area contributed by atoms with Crippen LogP contribution in [0.25, 0.3) is 0 Å². The van der Waals surface area contributed by atoms with E-state index in [2.05, 4.69) is 12.1 Å². The Labute approximate surface area is 218 Å². The first kappa shape index (κ1) is 25.8. The fourth-order valence-electron chi connectivity index (χ4n) is 4.67. The second-order valence-electron chi connectivity index (χ2n) is 9.07. The highest BCUT2D eigenvalue weighted by Crippen LogP contribution is 2.25. The number of ether oxygens (including phenoxy) is 1. The van der Waals surface area contributed by atoms with E-state index in [9.17, 15) is 9.59 Å². The van der Waals surface area contributed by atoms with E-state index >= 15 is 0 Å². The van der Waals surface area contributed by atoms with Crippen molar-refractivity contribution >= 4 is 23.4 Å². The number of rotatable bonds is 4. The Hall–Kier alpha value is -3.31. The van der Waals surface area contributed by atoms with Crippen LogP contribution in [0.4, 0.5) is 0 Å². The van der Waals surface area contributed by atoms with Crippen molar-refractivity contribution in [3.05, 3.63) is 101 Å². The lowest BCUT2D eigenvalue weighted by Crippen LogP contribution is -2.45. The average molecular weight is 505 g/mol. The Balaban J connectivity index is 1.71. The third kappa shape index (κ3) is 6.27. The van der Waals surface area contributed by atoms with Gasteiger partial charge in [-0.2, -0.15) is 0 Å². The van der Waals surface area contributed by atoms with E-state index in [1.54, 1.807) is 12.1 Å². The van der Waals surface area contributed by atoms with Gasteiger partial charge < -0.3 is 14.5 Å². The van der Waals surface area contributed by atoms with E-state index in [4.69, 9.17) is 16.3 Å². The lowest BCUT2D eigenvalue weighted by Gasteiger charge is -2.32. The number of carbonyl (C=O) groups is 2. The van der Waals surface area contributed by atoms with E-state index in [0.717, 1.165) is 24.8 Å². The lowest BCUT2D eigenvalue weighted by atomic mass is 10.0. The maximum absolute atomic E-state index is 13.8. The highest BCUT2D eigenvalue weighted by Gasteiger charge is 2.28. The molecule has 188 valence electrons. The van der Waals surface area contributed by atoms with Crippen LogP contribution in [0.15, 0.2) is 78.9 Å². The first-order chi connectivity index (χ1) is 17.6. The summed E-state index contributed by atoms with van der Waals surface area (Å²) in [4.78, 5) is 30.9. The standard InChI is InChI=1S/C30H33ClN2O3/c1-2-32-19-11-4-12-20-33(30(35)25-15-7-9-17-27(25)31)24(21-23-13-5-3-6-14-23)22-36-28-18-10-8-16-26(28)29(32)34/h3,5-10,13-18,24H,2,4,11-12,19-22H2,1H3/t24-/m1/s1. The number of nitrogens with zero attached hydrogens (tertiary/aromatic N) is 2. The van der Waals surface area contributed by atoms with E-state index in [1.807, 2.05) is 71.3 Å². The summed E-state index contributed by atoms with van der Waals surface area (Å²) in [6.07, 6.45) is 3.26. The molecule has 4 rings (SSSR count). The van der Waals surface area contributed by atoms with Gasteiger partial charge in [-0.25, -0.2) is 0 Å². The summed E-state index contributed by atoms with van der Waals surface area (Å²) < 4.78 is 6.32. The molecule has 1 heterocycles. The van der Waals surface area contributed by atoms with Crippen molar-refractivity contribution in [2.75, 3.05) is 26.2 Å². The first-order valence-electron chi connectivity index (χ1n) is 12.7. The third-order valence-corrected chi connectivity index (χ3v) is 6.99. The van der Waals surface area contributed by atoms with E-state index < -0.39 is 0 Å². The molecule has 1 aliphatic rings. The van der Waals surface area contributed by atoms with Crippen LogP contribution in [-0.2, 0) is 6.42 Å². The normalized spacial score (nSPS) is 17.3. The van der Waals surface area contributed by atoms with Crippen LogP contribution in [0.1, 0.15) is 52.5 Å². The molecular weight excluding hydrogens is 472 g/mol. The molecule has 5 nitrogen and oxygen atoms in total. The Bertz CT molecular complexity index is 1170. The van der Waals surface area contributed by atoms with E-state index in [0.29, 0.717) is 48.0 Å². The van der Waals surface area contributed by atoms with E-state index in [-0.39, 0.29) is 24.5 Å². The fourth-order valence-corrected chi connectivity index (χ4v) is 4.89. The Morgan fingerprint density at radius 2 is 1.61 bits per heavy atom. The first-order valence-corrected chi connectivity index (χ1v) is 13.1. The minimum absolute atomic E-state index is 0.0176. The lowest BCUT2D eigenvalue weighted by molar-refractivity contribution is 0.0605. The number of amides is 2. The van der Waals surface area contributed by atoms with Crippen LogP contribution in [0.3, 0.4) is 0 Å². The Morgan fingerprint density at radius 3 is 2.39 bits per heavy atom. The van der Waals surface area contributed by atoms with Gasteiger partial charge >= 0.3 is 0 Å². The third-order valence-electron chi connectivity index (χ3n) is 6.66. The number of hydrogen-bond acceptors (Lipinski definition) is 3. The van der Waals surface area contributed by atoms with Gasteiger partial charge in [0.2, 0.25) is 0 Å². The summed E-state index contributed by atoms with van der Waals surface area (Å²) >= 11 is 6.44. The molecule has 3 aromatic carbocycles. The molecule has 0 saturated carbocycles. The largest absolute Gasteiger partial charge is 0.491 e. The number of para-hydroxylation sites is 1. The van der Waals surface area contributed by atoms with Gasteiger partial charge in [-0.1, -0.05) is 66.2 Å². The molecular formula is C30H33ClN2O3. The van der Waals surface area contributed by atoms with Crippen LogP contribution in [-0.4, -0.2) is 53.9 Å². The monoisotopic (exact) mass is 504 g/mol. The van der Waals surface area contributed by atoms with Gasteiger partial charge in [0, 0.05) is 19.6 Å². The van der Waals surface area contributed by atoms with Crippen molar-refractivity contribution in [1.29, 1.82) is 0 Å². The zero-order chi connectivity index (χ0) is 25.3. The maximum atomic E-state index is 13.8. The SMILES string of the molecule is CCN1CCCCCN(C(=O)c2ccccc2Cl)[C@H](Cc2ccccc2)COc2ccccc2C1=O. The molecule has 1 atom stereocenters. The topological polar surface area (TPSA) is 49.9 Å². The molecule has 0 saturated heterocycles. The quantitative estimate of drug-likeness (QED) is 0.430. The number of halogens is 1. The summed E-state index contributed by atoms with van der Waals surface area (Å²) in [6.45, 7) is 4.17. The Kier molecular flexibility index (Phi) is 9.01. The van der Waals surface area contributed by atoms with Crippen LogP contribution in [0.2, 0.25) is 5.02 Å². The van der Waals surface area contributed by atoms with Gasteiger partial charge in [-0.05, 0) is 62.4 Å². The Morgan fingerprint density at radius 1 is 0.917 bits per heavy atom. The van der Waals surface area contributed by atoms with Crippen molar-refractivity contribution in [2.45, 2.75) is 38.6 Å². The summed E-state index contributed by atoms with van der Waals surface area (Å²) in [5, 5.41) is 0.444. The molecule has 0 N–H and O–H groups in total. The number of fused-ring (bicyclic) bond motifs is 1. The molecule has 0 aliphatic carbocycles. The number of hydrogen-bond donors (Lipinski definition) is 0. The number of carbonyl (C=O) groups excluding carboxylic acids is 2. The van der Waals surface area contributed by atoms with Gasteiger partial charge in [-0.15, -0.1) is 0 Å². The molecule has 0 spiro atoms. The van der Waals surface area contributed by atoms with Crippen molar-refractivity contribution in [3.8, 4) is 5.75 Å². The van der Waals surface area contributed by atoms with Crippen LogP contribution < -0.4 is 4.74 Å². The van der Waals surface area contributed by atoms with Gasteiger partial charge in [-0.3, -0.25) is 9.59 Å². The highest BCUT2D eigenvalue weighted by molar-refractivity contribution is 6.33. The summed E-state index contributed by atoms with van der Waals surface area (Å²) in [5.74, 6) is 0.430. The van der Waals surface area contributed by atoms with Crippen LogP contribution in [0, 0.1) is 0 Å². The molecule has 3 aromatic rings. The predicted octanol–water partition coefficient (Wildman–Crippen LogP) is 6.12. The zero-order valence-corrected chi connectivity index (χ0v) is 21.5. The van der Waals surface area contributed by atoms with Gasteiger partial charge in [0.15, 0.2) is 0 Å². The average Bonchev–Trinajstić information content (AvgIpc) is 2.92. The van der Waals surface area contributed by atoms with Crippen molar-refractivity contribution in [1.82, 2.24) is 9.80 Å². The summed E-state index contributed by atoms with van der Waals surface area (Å²) in [6, 6.07) is 24.5. The minimum Gasteiger partial charge on any atom is -0.491 e. The molecule has 0 fully saturated rings. The van der Waals surface area contributed by atoms with Crippen molar-refractivity contribution in [2.24, 2.45) is 0 Å². The van der Waals surface area contributed by atoms with Crippen molar-refractivity contribution in [3.63, 3.8) is 0 Å². The van der Waals surface area contributed by atoms with Crippen LogP contribution >= 0.6 is 11.6 Å². The smallest absolute Gasteiger partial charge is 0.257 e. The second-order valence-corrected chi connectivity index (χ2v) is 9.48. The van der Waals surface area contributed by atoms with Crippen LogP contribution in [0.5, 0.6) is 5.75 Å². The molecule has 1 aliphatic heterocycles. The fraction of sp³-hybridized carbons (Fsp3) is 0.333. The van der Waals surface area contributed by atoms with Gasteiger partial charge in [0.05, 0.1) is 22.2 Å². The molecule has 0 bridgehead atoms. The maximum Gasteiger partial charge on any atom is 0.257 e. The van der Waals surface area contributed by atoms with Gasteiger partial charge in [0.1, 0.15) is 12.4 Å².